The Labute approximate surface area is 130 Å². The quantitative estimate of drug-likeness (QED) is 0.814. The van der Waals surface area contributed by atoms with Crippen LogP contribution in [-0.4, -0.2) is 43.9 Å². The molecule has 1 aliphatic rings. The van der Waals surface area contributed by atoms with Crippen LogP contribution in [0, 0.1) is 0 Å². The molecule has 2 aromatic carbocycles. The number of morpholine rings is 1. The third-order valence-corrected chi connectivity index (χ3v) is 3.71. The summed E-state index contributed by atoms with van der Waals surface area (Å²) in [7, 11) is 0. The number of esters is 1. The van der Waals surface area contributed by atoms with E-state index in [2.05, 4.69) is 4.90 Å². The van der Waals surface area contributed by atoms with Gasteiger partial charge >= 0.3 is 5.97 Å². The van der Waals surface area contributed by atoms with Crippen LogP contribution in [0.2, 0.25) is 0 Å². The lowest BCUT2D eigenvalue weighted by molar-refractivity contribution is -0.0209. The molecule has 0 radical (unpaired) electrons. The van der Waals surface area contributed by atoms with Crippen LogP contribution >= 0.6 is 0 Å². The van der Waals surface area contributed by atoms with Crippen molar-refractivity contribution in [1.82, 2.24) is 4.90 Å². The Kier molecular flexibility index (Phi) is 4.83. The molecule has 0 spiro atoms. The van der Waals surface area contributed by atoms with E-state index in [1.54, 1.807) is 0 Å². The topological polar surface area (TPSA) is 38.8 Å². The molecule has 114 valence electrons. The summed E-state index contributed by atoms with van der Waals surface area (Å²) in [6.45, 7) is 3.33. The number of ether oxygens (including phenoxy) is 2. The zero-order valence-corrected chi connectivity index (χ0v) is 12.4. The van der Waals surface area contributed by atoms with Gasteiger partial charge in [-0.15, -0.1) is 0 Å². The lowest BCUT2D eigenvalue weighted by Crippen LogP contribution is -2.38. The highest BCUT2D eigenvalue weighted by Crippen LogP contribution is 2.19. The van der Waals surface area contributed by atoms with E-state index in [4.69, 9.17) is 9.47 Å². The summed E-state index contributed by atoms with van der Waals surface area (Å²) in [5.41, 5.74) is 2.80. The summed E-state index contributed by atoms with van der Waals surface area (Å²) < 4.78 is 10.6. The number of hydrogen-bond acceptors (Lipinski definition) is 4. The first-order valence-corrected chi connectivity index (χ1v) is 7.46. The molecular formula is C18H19NO3. The van der Waals surface area contributed by atoms with Crippen molar-refractivity contribution >= 4 is 5.97 Å². The van der Waals surface area contributed by atoms with Crippen LogP contribution in [0.3, 0.4) is 0 Å². The Hall–Kier alpha value is -2.17. The minimum atomic E-state index is -0.286. The van der Waals surface area contributed by atoms with E-state index in [1.807, 2.05) is 54.6 Å². The van der Waals surface area contributed by atoms with E-state index in [0.29, 0.717) is 25.5 Å². The molecule has 2 aromatic rings. The van der Waals surface area contributed by atoms with Gasteiger partial charge in [0.25, 0.3) is 0 Å². The van der Waals surface area contributed by atoms with Gasteiger partial charge in [-0.3, -0.25) is 4.90 Å². The van der Waals surface area contributed by atoms with Crippen LogP contribution in [0.4, 0.5) is 0 Å². The zero-order chi connectivity index (χ0) is 15.2. The van der Waals surface area contributed by atoms with E-state index < -0.39 is 0 Å². The highest BCUT2D eigenvalue weighted by atomic mass is 16.5. The van der Waals surface area contributed by atoms with Gasteiger partial charge in [0, 0.05) is 13.1 Å². The second-order valence-corrected chi connectivity index (χ2v) is 5.23. The number of nitrogens with zero attached hydrogens (tertiary/aromatic N) is 1. The summed E-state index contributed by atoms with van der Waals surface area (Å²) in [6.07, 6.45) is 0. The lowest BCUT2D eigenvalue weighted by Gasteiger charge is -2.25. The van der Waals surface area contributed by atoms with Crippen molar-refractivity contribution < 1.29 is 14.3 Å². The van der Waals surface area contributed by atoms with Crippen molar-refractivity contribution in [1.29, 1.82) is 0 Å². The average Bonchev–Trinajstić information content (AvgIpc) is 2.61. The SMILES string of the molecule is O=C(OCN1CCOCC1)c1ccc(-c2ccccc2)cc1. The Bertz CT molecular complexity index is 604. The smallest absolute Gasteiger partial charge is 0.339 e. The monoisotopic (exact) mass is 297 g/mol. The van der Waals surface area contributed by atoms with Crippen molar-refractivity contribution in [3.8, 4) is 11.1 Å². The third-order valence-electron chi connectivity index (χ3n) is 3.71. The summed E-state index contributed by atoms with van der Waals surface area (Å²) in [4.78, 5) is 14.1. The summed E-state index contributed by atoms with van der Waals surface area (Å²) in [6, 6.07) is 17.6. The van der Waals surface area contributed by atoms with E-state index in [0.717, 1.165) is 24.2 Å². The van der Waals surface area contributed by atoms with Gasteiger partial charge in [0.15, 0.2) is 0 Å². The van der Waals surface area contributed by atoms with Gasteiger partial charge in [-0.1, -0.05) is 42.5 Å². The Morgan fingerprint density at radius 2 is 1.59 bits per heavy atom. The van der Waals surface area contributed by atoms with Gasteiger partial charge in [-0.05, 0) is 23.3 Å². The first-order chi connectivity index (χ1) is 10.8. The van der Waals surface area contributed by atoms with Crippen LogP contribution in [0.5, 0.6) is 0 Å². The van der Waals surface area contributed by atoms with Gasteiger partial charge in [-0.25, -0.2) is 4.79 Å². The van der Waals surface area contributed by atoms with Crippen molar-refractivity contribution in [3.05, 3.63) is 60.2 Å². The molecule has 0 aromatic heterocycles. The second-order valence-electron chi connectivity index (χ2n) is 5.23. The Balaban J connectivity index is 1.59. The van der Waals surface area contributed by atoms with Gasteiger partial charge in [0.2, 0.25) is 0 Å². The van der Waals surface area contributed by atoms with Crippen LogP contribution in [0.1, 0.15) is 10.4 Å². The maximum atomic E-state index is 12.1. The molecule has 1 saturated heterocycles. The predicted molar refractivity (Wildman–Crippen MR) is 84.6 cm³/mol. The highest BCUT2D eigenvalue weighted by molar-refractivity contribution is 5.90. The number of hydrogen-bond donors (Lipinski definition) is 0. The molecular weight excluding hydrogens is 278 g/mol. The second kappa shape index (κ2) is 7.20. The molecule has 1 aliphatic heterocycles. The van der Waals surface area contributed by atoms with Gasteiger partial charge in [0.1, 0.15) is 6.73 Å². The maximum Gasteiger partial charge on any atom is 0.339 e. The molecule has 1 fully saturated rings. The largest absolute Gasteiger partial charge is 0.446 e. The minimum absolute atomic E-state index is 0.286. The summed E-state index contributed by atoms with van der Waals surface area (Å²) >= 11 is 0. The fourth-order valence-corrected chi connectivity index (χ4v) is 2.39. The Morgan fingerprint density at radius 1 is 0.955 bits per heavy atom. The fraction of sp³-hybridized carbons (Fsp3) is 0.278. The summed E-state index contributed by atoms with van der Waals surface area (Å²) in [5.74, 6) is -0.286. The average molecular weight is 297 g/mol. The molecule has 0 aliphatic carbocycles. The number of benzene rings is 2. The Morgan fingerprint density at radius 3 is 2.27 bits per heavy atom. The first kappa shape index (κ1) is 14.8. The van der Waals surface area contributed by atoms with E-state index >= 15 is 0 Å². The van der Waals surface area contributed by atoms with Crippen LogP contribution < -0.4 is 0 Å². The molecule has 22 heavy (non-hydrogen) atoms. The van der Waals surface area contributed by atoms with E-state index in [9.17, 15) is 4.79 Å². The van der Waals surface area contributed by atoms with Gasteiger partial charge in [0.05, 0.1) is 18.8 Å². The van der Waals surface area contributed by atoms with Crippen molar-refractivity contribution in [2.75, 3.05) is 33.0 Å². The molecule has 0 bridgehead atoms. The van der Waals surface area contributed by atoms with E-state index in [1.165, 1.54) is 0 Å². The number of carbonyl (C=O) groups is 1. The third kappa shape index (κ3) is 3.72. The normalized spacial score (nSPS) is 15.5. The van der Waals surface area contributed by atoms with Crippen molar-refractivity contribution in [2.24, 2.45) is 0 Å². The van der Waals surface area contributed by atoms with Crippen molar-refractivity contribution in [2.45, 2.75) is 0 Å². The van der Waals surface area contributed by atoms with Gasteiger partial charge < -0.3 is 9.47 Å². The molecule has 3 rings (SSSR count). The van der Waals surface area contributed by atoms with Gasteiger partial charge in [-0.2, -0.15) is 0 Å². The minimum Gasteiger partial charge on any atom is -0.446 e. The maximum absolute atomic E-state index is 12.1. The molecule has 0 amide bonds. The molecule has 4 heteroatoms. The molecule has 0 unspecified atom stereocenters. The number of rotatable bonds is 4. The lowest BCUT2D eigenvalue weighted by atomic mass is 10.0. The summed E-state index contributed by atoms with van der Waals surface area (Å²) in [5, 5.41) is 0. The predicted octanol–water partition coefficient (Wildman–Crippen LogP) is 2.80. The zero-order valence-electron chi connectivity index (χ0n) is 12.4. The standard InChI is InChI=1S/C18H19NO3/c20-18(22-14-19-10-12-21-13-11-19)17-8-6-16(7-9-17)15-4-2-1-3-5-15/h1-9H,10-14H2. The van der Waals surface area contributed by atoms with E-state index in [-0.39, 0.29) is 5.97 Å². The molecule has 1 heterocycles. The molecule has 4 nitrogen and oxygen atoms in total. The molecule has 0 atom stereocenters. The molecule has 0 N–H and O–H groups in total. The van der Waals surface area contributed by atoms with Crippen molar-refractivity contribution in [3.63, 3.8) is 0 Å². The van der Waals surface area contributed by atoms with Crippen LogP contribution in [0.15, 0.2) is 54.6 Å². The first-order valence-electron chi connectivity index (χ1n) is 7.46. The molecule has 0 saturated carbocycles. The highest BCUT2D eigenvalue weighted by Gasteiger charge is 2.13. The van der Waals surface area contributed by atoms with Crippen LogP contribution in [-0.2, 0) is 9.47 Å². The number of carbonyl (C=O) groups excluding carboxylic acids is 1. The van der Waals surface area contributed by atoms with Crippen LogP contribution in [0.25, 0.3) is 11.1 Å². The fourth-order valence-electron chi connectivity index (χ4n) is 2.39.